The van der Waals surface area contributed by atoms with E-state index in [1.165, 1.54) is 11.3 Å². The molecular weight excluding hydrogens is 256 g/mol. The van der Waals surface area contributed by atoms with Crippen LogP contribution in [0.25, 0.3) is 0 Å². The van der Waals surface area contributed by atoms with Gasteiger partial charge < -0.3 is 10.8 Å². The smallest absolute Gasteiger partial charge is 0.346 e. The summed E-state index contributed by atoms with van der Waals surface area (Å²) in [5.74, 6) is 0.235. The highest BCUT2D eigenvalue weighted by Gasteiger charge is 2.11. The third-order valence-corrected chi connectivity index (χ3v) is 4.07. The highest BCUT2D eigenvalue weighted by molar-refractivity contribution is 7.98. The Kier molecular flexibility index (Phi) is 3.65. The fraction of sp³-hybridized carbons (Fsp3) is 0.0909. The number of aromatic carboxylic acids is 1. The lowest BCUT2D eigenvalue weighted by atomic mass is 10.3. The quantitative estimate of drug-likeness (QED) is 0.832. The van der Waals surface area contributed by atoms with Gasteiger partial charge in [0.15, 0.2) is 0 Å². The second kappa shape index (κ2) is 5.20. The number of thioether (sulfide) groups is 1. The molecule has 0 spiro atoms. The Hall–Kier alpha value is -1.53. The molecule has 6 heteroatoms. The van der Waals surface area contributed by atoms with Crippen LogP contribution in [0.4, 0.5) is 5.82 Å². The topological polar surface area (TPSA) is 76.2 Å². The third-order valence-electron chi connectivity index (χ3n) is 2.09. The summed E-state index contributed by atoms with van der Waals surface area (Å²) < 4.78 is 0. The van der Waals surface area contributed by atoms with E-state index in [2.05, 4.69) is 4.98 Å². The number of carbonyl (C=O) groups is 1. The van der Waals surface area contributed by atoms with Crippen LogP contribution in [-0.4, -0.2) is 16.1 Å². The van der Waals surface area contributed by atoms with Crippen molar-refractivity contribution >= 4 is 34.9 Å². The zero-order valence-electron chi connectivity index (χ0n) is 8.79. The number of hydrogen-bond acceptors (Lipinski definition) is 5. The molecule has 0 bridgehead atoms. The van der Waals surface area contributed by atoms with E-state index in [-0.39, 0.29) is 0 Å². The van der Waals surface area contributed by atoms with E-state index in [4.69, 9.17) is 10.8 Å². The van der Waals surface area contributed by atoms with Gasteiger partial charge in [0.05, 0.1) is 0 Å². The number of pyridine rings is 1. The first-order valence-corrected chi connectivity index (χ1v) is 6.67. The molecule has 0 aliphatic carbocycles. The summed E-state index contributed by atoms with van der Waals surface area (Å²) in [4.78, 5) is 16.3. The van der Waals surface area contributed by atoms with Gasteiger partial charge in [-0.05, 0) is 29.1 Å². The van der Waals surface area contributed by atoms with E-state index >= 15 is 0 Å². The zero-order valence-corrected chi connectivity index (χ0v) is 10.4. The number of anilines is 1. The van der Waals surface area contributed by atoms with E-state index < -0.39 is 5.97 Å². The van der Waals surface area contributed by atoms with Gasteiger partial charge in [-0.25, -0.2) is 9.78 Å². The van der Waals surface area contributed by atoms with Crippen molar-refractivity contribution in [3.05, 3.63) is 40.2 Å². The minimum absolute atomic E-state index is 0.404. The SMILES string of the molecule is Nc1ccc(SCc2ccsc2C(=O)O)cn1. The molecule has 0 aromatic carbocycles. The summed E-state index contributed by atoms with van der Waals surface area (Å²) >= 11 is 2.79. The molecular formula is C11H10N2O2S2. The van der Waals surface area contributed by atoms with Gasteiger partial charge in [-0.1, -0.05) is 0 Å². The highest BCUT2D eigenvalue weighted by Crippen LogP contribution is 2.26. The molecule has 0 amide bonds. The van der Waals surface area contributed by atoms with Crippen LogP contribution < -0.4 is 5.73 Å². The molecule has 2 heterocycles. The first-order valence-electron chi connectivity index (χ1n) is 4.81. The predicted octanol–water partition coefficient (Wildman–Crippen LogP) is 2.72. The van der Waals surface area contributed by atoms with Crippen molar-refractivity contribution in [1.82, 2.24) is 4.98 Å². The molecule has 0 fully saturated rings. The monoisotopic (exact) mass is 266 g/mol. The van der Waals surface area contributed by atoms with Crippen molar-refractivity contribution < 1.29 is 9.90 Å². The molecule has 2 aromatic rings. The van der Waals surface area contributed by atoms with E-state index in [9.17, 15) is 4.79 Å². The molecule has 17 heavy (non-hydrogen) atoms. The van der Waals surface area contributed by atoms with Gasteiger partial charge in [-0.3, -0.25) is 0 Å². The Balaban J connectivity index is 2.05. The molecule has 0 saturated heterocycles. The molecule has 2 rings (SSSR count). The van der Waals surface area contributed by atoms with E-state index in [1.807, 2.05) is 12.1 Å². The van der Waals surface area contributed by atoms with Crippen molar-refractivity contribution in [3.63, 3.8) is 0 Å². The fourth-order valence-corrected chi connectivity index (χ4v) is 2.98. The van der Waals surface area contributed by atoms with Gasteiger partial charge in [0.25, 0.3) is 0 Å². The van der Waals surface area contributed by atoms with Gasteiger partial charge in [0, 0.05) is 16.8 Å². The summed E-state index contributed by atoms with van der Waals surface area (Å²) in [7, 11) is 0. The standard InChI is InChI=1S/C11H10N2O2S2/c12-9-2-1-8(5-13-9)17-6-7-3-4-16-10(7)11(14)15/h1-5H,6H2,(H2,12,13)(H,14,15). The van der Waals surface area contributed by atoms with Gasteiger partial charge in [-0.15, -0.1) is 23.1 Å². The summed E-state index contributed by atoms with van der Waals surface area (Å²) in [5, 5.41) is 10.8. The number of aromatic nitrogens is 1. The van der Waals surface area contributed by atoms with Gasteiger partial charge >= 0.3 is 5.97 Å². The van der Waals surface area contributed by atoms with E-state index in [1.54, 1.807) is 29.4 Å². The maximum Gasteiger partial charge on any atom is 0.346 e. The average Bonchev–Trinajstić information content (AvgIpc) is 2.76. The maximum absolute atomic E-state index is 10.9. The summed E-state index contributed by atoms with van der Waals surface area (Å²) in [6, 6.07) is 5.44. The maximum atomic E-state index is 10.9. The van der Waals surface area contributed by atoms with Crippen LogP contribution in [-0.2, 0) is 5.75 Å². The van der Waals surface area contributed by atoms with Crippen LogP contribution in [0.3, 0.4) is 0 Å². The summed E-state index contributed by atoms with van der Waals surface area (Å²) in [6.07, 6.45) is 1.69. The van der Waals surface area contributed by atoms with Gasteiger partial charge in [0.2, 0.25) is 0 Å². The van der Waals surface area contributed by atoms with E-state index in [0.29, 0.717) is 16.4 Å². The Morgan fingerprint density at radius 2 is 2.29 bits per heavy atom. The number of rotatable bonds is 4. The number of hydrogen-bond donors (Lipinski definition) is 2. The number of nitrogens with zero attached hydrogens (tertiary/aromatic N) is 1. The second-order valence-corrected chi connectivity index (χ2v) is 5.25. The molecule has 0 radical (unpaired) electrons. The Bertz CT molecular complexity index is 523. The molecule has 0 unspecified atom stereocenters. The molecule has 0 atom stereocenters. The number of carboxylic acids is 1. The third kappa shape index (κ3) is 2.98. The predicted molar refractivity (Wildman–Crippen MR) is 69.5 cm³/mol. The molecule has 4 nitrogen and oxygen atoms in total. The number of carboxylic acid groups (broad SMARTS) is 1. The molecule has 0 aliphatic heterocycles. The molecule has 3 N–H and O–H groups in total. The van der Waals surface area contributed by atoms with E-state index in [0.717, 1.165) is 10.5 Å². The molecule has 0 saturated carbocycles. The molecule has 0 aliphatic rings. The zero-order chi connectivity index (χ0) is 12.3. The van der Waals surface area contributed by atoms with Crippen LogP contribution in [0.5, 0.6) is 0 Å². The Morgan fingerprint density at radius 1 is 1.47 bits per heavy atom. The van der Waals surface area contributed by atoms with Crippen molar-refractivity contribution in [3.8, 4) is 0 Å². The molecule has 2 aromatic heterocycles. The summed E-state index contributed by atoms with van der Waals surface area (Å²) in [6.45, 7) is 0. The first-order chi connectivity index (χ1) is 8.16. The number of thiophene rings is 1. The Morgan fingerprint density at radius 3 is 2.94 bits per heavy atom. The van der Waals surface area contributed by atoms with Crippen molar-refractivity contribution in [2.45, 2.75) is 10.6 Å². The van der Waals surface area contributed by atoms with Gasteiger partial charge in [0.1, 0.15) is 10.7 Å². The van der Waals surface area contributed by atoms with Crippen molar-refractivity contribution in [2.75, 3.05) is 5.73 Å². The van der Waals surface area contributed by atoms with Crippen LogP contribution in [0.1, 0.15) is 15.2 Å². The van der Waals surface area contributed by atoms with Crippen LogP contribution in [0, 0.1) is 0 Å². The highest BCUT2D eigenvalue weighted by atomic mass is 32.2. The normalized spacial score (nSPS) is 10.4. The van der Waals surface area contributed by atoms with Crippen LogP contribution in [0.2, 0.25) is 0 Å². The lowest BCUT2D eigenvalue weighted by Crippen LogP contribution is -1.96. The minimum Gasteiger partial charge on any atom is -0.477 e. The lowest BCUT2D eigenvalue weighted by molar-refractivity contribution is 0.0701. The minimum atomic E-state index is -0.869. The lowest BCUT2D eigenvalue weighted by Gasteiger charge is -2.01. The number of nitrogens with two attached hydrogens (primary N) is 1. The largest absolute Gasteiger partial charge is 0.477 e. The van der Waals surface area contributed by atoms with Crippen molar-refractivity contribution in [2.24, 2.45) is 0 Å². The van der Waals surface area contributed by atoms with Crippen molar-refractivity contribution in [1.29, 1.82) is 0 Å². The average molecular weight is 266 g/mol. The van der Waals surface area contributed by atoms with Gasteiger partial charge in [-0.2, -0.15) is 0 Å². The first kappa shape index (κ1) is 11.9. The number of nitrogen functional groups attached to an aromatic ring is 1. The fourth-order valence-electron chi connectivity index (χ4n) is 1.28. The Labute approximate surface area is 106 Å². The molecule has 88 valence electrons. The summed E-state index contributed by atoms with van der Waals surface area (Å²) in [5.41, 5.74) is 6.32. The van der Waals surface area contributed by atoms with Crippen LogP contribution >= 0.6 is 23.1 Å². The van der Waals surface area contributed by atoms with Crippen LogP contribution in [0.15, 0.2) is 34.7 Å². The second-order valence-electron chi connectivity index (χ2n) is 3.29.